The number of hydrogen-bond acceptors (Lipinski definition) is 3. The van der Waals surface area contributed by atoms with Gasteiger partial charge in [-0.1, -0.05) is 41.9 Å². The van der Waals surface area contributed by atoms with E-state index in [4.69, 9.17) is 16.7 Å². The highest BCUT2D eigenvalue weighted by molar-refractivity contribution is 6.30. The van der Waals surface area contributed by atoms with Gasteiger partial charge in [-0.2, -0.15) is 0 Å². The third kappa shape index (κ3) is 4.56. The van der Waals surface area contributed by atoms with E-state index in [0.29, 0.717) is 17.3 Å². The van der Waals surface area contributed by atoms with E-state index in [1.165, 1.54) is 0 Å². The number of benzene rings is 2. The van der Waals surface area contributed by atoms with Gasteiger partial charge in [-0.05, 0) is 29.8 Å². The predicted molar refractivity (Wildman–Crippen MR) is 84.4 cm³/mol. The molecular weight excluding hydrogens is 288 g/mol. The summed E-state index contributed by atoms with van der Waals surface area (Å²) in [5.74, 6) is -0.183. The van der Waals surface area contributed by atoms with Crippen LogP contribution in [0.25, 0.3) is 0 Å². The summed E-state index contributed by atoms with van der Waals surface area (Å²) in [7, 11) is 0. The molecule has 1 amide bonds. The zero-order chi connectivity index (χ0) is 15.1. The minimum absolute atomic E-state index is 0.0302. The maximum atomic E-state index is 12.4. The molecule has 0 aliphatic heterocycles. The van der Waals surface area contributed by atoms with Crippen LogP contribution in [-0.4, -0.2) is 24.2 Å². The molecule has 2 aromatic rings. The summed E-state index contributed by atoms with van der Waals surface area (Å²) in [6.07, 6.45) is 0. The zero-order valence-corrected chi connectivity index (χ0v) is 12.2. The lowest BCUT2D eigenvalue weighted by molar-refractivity contribution is -0.118. The summed E-state index contributed by atoms with van der Waals surface area (Å²) in [5.41, 5.74) is 1.52. The number of rotatable bonds is 6. The first-order chi connectivity index (χ1) is 10.2. The van der Waals surface area contributed by atoms with Crippen LogP contribution < -0.4 is 10.6 Å². The van der Waals surface area contributed by atoms with E-state index in [1.807, 2.05) is 30.3 Å². The second kappa shape index (κ2) is 7.78. The third-order valence-electron chi connectivity index (χ3n) is 2.97. The molecule has 110 valence electrons. The Kier molecular flexibility index (Phi) is 5.75. The molecule has 0 aliphatic rings. The first-order valence-corrected chi connectivity index (χ1v) is 7.04. The summed E-state index contributed by atoms with van der Waals surface area (Å²) in [6.45, 7) is 0.311. The molecule has 0 heterocycles. The van der Waals surface area contributed by atoms with Crippen molar-refractivity contribution in [1.29, 1.82) is 0 Å². The van der Waals surface area contributed by atoms with Crippen LogP contribution >= 0.6 is 11.6 Å². The first-order valence-electron chi connectivity index (χ1n) is 6.66. The van der Waals surface area contributed by atoms with Crippen molar-refractivity contribution in [3.8, 4) is 0 Å². The molecule has 2 aromatic carbocycles. The maximum Gasteiger partial charge on any atom is 0.246 e. The third-order valence-corrected chi connectivity index (χ3v) is 3.22. The van der Waals surface area contributed by atoms with Gasteiger partial charge < -0.3 is 10.4 Å². The molecule has 0 saturated heterocycles. The fourth-order valence-electron chi connectivity index (χ4n) is 1.96. The number of aliphatic hydroxyl groups excluding tert-OH is 1. The molecule has 2 rings (SSSR count). The van der Waals surface area contributed by atoms with Gasteiger partial charge >= 0.3 is 0 Å². The van der Waals surface area contributed by atoms with E-state index in [2.05, 4.69) is 10.6 Å². The second-order valence-electron chi connectivity index (χ2n) is 4.52. The Morgan fingerprint density at radius 3 is 2.38 bits per heavy atom. The van der Waals surface area contributed by atoms with Crippen LogP contribution in [0.1, 0.15) is 11.6 Å². The molecule has 0 unspecified atom stereocenters. The normalized spacial score (nSPS) is 11.9. The van der Waals surface area contributed by atoms with E-state index >= 15 is 0 Å². The lowest BCUT2D eigenvalue weighted by Gasteiger charge is -2.18. The number of anilines is 1. The van der Waals surface area contributed by atoms with Crippen molar-refractivity contribution in [2.45, 2.75) is 6.04 Å². The minimum Gasteiger partial charge on any atom is -0.395 e. The SMILES string of the molecule is O=C(Nc1ccc(Cl)cc1)[C@@H](NCCO)c1ccccc1. The molecule has 0 fully saturated rings. The van der Waals surface area contributed by atoms with Crippen molar-refractivity contribution in [2.75, 3.05) is 18.5 Å². The Morgan fingerprint density at radius 1 is 1.10 bits per heavy atom. The van der Waals surface area contributed by atoms with Crippen LogP contribution in [0.15, 0.2) is 54.6 Å². The smallest absolute Gasteiger partial charge is 0.246 e. The van der Waals surface area contributed by atoms with Crippen molar-refractivity contribution in [3.63, 3.8) is 0 Å². The molecule has 0 spiro atoms. The summed E-state index contributed by atoms with van der Waals surface area (Å²) < 4.78 is 0. The van der Waals surface area contributed by atoms with Gasteiger partial charge in [0.1, 0.15) is 6.04 Å². The van der Waals surface area contributed by atoms with Crippen molar-refractivity contribution < 1.29 is 9.90 Å². The molecule has 0 saturated carbocycles. The lowest BCUT2D eigenvalue weighted by atomic mass is 10.1. The van der Waals surface area contributed by atoms with E-state index in [9.17, 15) is 4.79 Å². The van der Waals surface area contributed by atoms with Gasteiger partial charge in [-0.15, -0.1) is 0 Å². The highest BCUT2D eigenvalue weighted by Gasteiger charge is 2.19. The molecule has 4 nitrogen and oxygen atoms in total. The van der Waals surface area contributed by atoms with Gasteiger partial charge in [0.25, 0.3) is 0 Å². The number of nitrogens with one attached hydrogen (secondary N) is 2. The Balaban J connectivity index is 2.12. The average Bonchev–Trinajstić information content (AvgIpc) is 2.51. The molecule has 0 aliphatic carbocycles. The fraction of sp³-hybridized carbons (Fsp3) is 0.188. The maximum absolute atomic E-state index is 12.4. The number of amides is 1. The minimum atomic E-state index is -0.519. The summed E-state index contributed by atoms with van der Waals surface area (Å²) in [6, 6.07) is 15.8. The predicted octanol–water partition coefficient (Wildman–Crippen LogP) is 2.60. The largest absolute Gasteiger partial charge is 0.395 e. The Labute approximate surface area is 128 Å². The molecule has 21 heavy (non-hydrogen) atoms. The molecular formula is C16H17ClN2O2. The molecule has 5 heteroatoms. The highest BCUT2D eigenvalue weighted by atomic mass is 35.5. The van der Waals surface area contributed by atoms with Crippen LogP contribution in [0.2, 0.25) is 5.02 Å². The van der Waals surface area contributed by atoms with Crippen LogP contribution in [0, 0.1) is 0 Å². The van der Waals surface area contributed by atoms with Crippen LogP contribution in [0.4, 0.5) is 5.69 Å². The van der Waals surface area contributed by atoms with E-state index in [-0.39, 0.29) is 12.5 Å². The van der Waals surface area contributed by atoms with Crippen molar-refractivity contribution in [2.24, 2.45) is 0 Å². The van der Waals surface area contributed by atoms with Crippen molar-refractivity contribution in [3.05, 3.63) is 65.2 Å². The topological polar surface area (TPSA) is 61.4 Å². The van der Waals surface area contributed by atoms with Gasteiger partial charge in [0.15, 0.2) is 0 Å². The average molecular weight is 305 g/mol. The van der Waals surface area contributed by atoms with Crippen LogP contribution in [-0.2, 0) is 4.79 Å². The quantitative estimate of drug-likeness (QED) is 0.769. The standard InChI is InChI=1S/C16H17ClN2O2/c17-13-6-8-14(9-7-13)19-16(21)15(18-10-11-20)12-4-2-1-3-5-12/h1-9,15,18,20H,10-11H2,(H,19,21)/t15-/m0/s1. The highest BCUT2D eigenvalue weighted by Crippen LogP contribution is 2.17. The van der Waals surface area contributed by atoms with Gasteiger partial charge in [0.2, 0.25) is 5.91 Å². The van der Waals surface area contributed by atoms with Gasteiger partial charge in [-0.25, -0.2) is 0 Å². The van der Waals surface area contributed by atoms with E-state index < -0.39 is 6.04 Å². The van der Waals surface area contributed by atoms with Crippen molar-refractivity contribution >= 4 is 23.2 Å². The summed E-state index contributed by atoms with van der Waals surface area (Å²) in [4.78, 5) is 12.4. The Morgan fingerprint density at radius 2 is 1.76 bits per heavy atom. The number of aliphatic hydroxyl groups is 1. The molecule has 0 radical (unpaired) electrons. The van der Waals surface area contributed by atoms with E-state index in [1.54, 1.807) is 24.3 Å². The lowest BCUT2D eigenvalue weighted by Crippen LogP contribution is -2.34. The monoisotopic (exact) mass is 304 g/mol. The number of carbonyl (C=O) groups is 1. The van der Waals surface area contributed by atoms with E-state index in [0.717, 1.165) is 5.56 Å². The van der Waals surface area contributed by atoms with Gasteiger partial charge in [-0.3, -0.25) is 10.1 Å². The zero-order valence-electron chi connectivity index (χ0n) is 11.4. The molecule has 0 aromatic heterocycles. The Hall–Kier alpha value is -1.88. The second-order valence-corrected chi connectivity index (χ2v) is 4.95. The van der Waals surface area contributed by atoms with Crippen LogP contribution in [0.3, 0.4) is 0 Å². The molecule has 3 N–H and O–H groups in total. The van der Waals surface area contributed by atoms with Gasteiger partial charge in [0, 0.05) is 17.3 Å². The van der Waals surface area contributed by atoms with Gasteiger partial charge in [0.05, 0.1) is 6.61 Å². The number of carbonyl (C=O) groups excluding carboxylic acids is 1. The fourth-order valence-corrected chi connectivity index (χ4v) is 2.09. The van der Waals surface area contributed by atoms with Crippen molar-refractivity contribution in [1.82, 2.24) is 5.32 Å². The summed E-state index contributed by atoms with van der Waals surface area (Å²) >= 11 is 5.82. The van der Waals surface area contributed by atoms with Crippen LogP contribution in [0.5, 0.6) is 0 Å². The molecule has 0 bridgehead atoms. The molecule has 1 atom stereocenters. The summed E-state index contributed by atoms with van der Waals surface area (Å²) in [5, 5.41) is 15.4. The number of hydrogen-bond donors (Lipinski definition) is 3. The first kappa shape index (κ1) is 15.5. The Bertz CT molecular complexity index is 573. The number of halogens is 1.